The van der Waals surface area contributed by atoms with E-state index in [9.17, 15) is 4.79 Å². The number of hydrogen-bond donors (Lipinski definition) is 3. The Bertz CT molecular complexity index is 700. The normalized spacial score (nSPS) is 22.3. The Morgan fingerprint density at radius 3 is 3.10 bits per heavy atom. The van der Waals surface area contributed by atoms with E-state index in [1.54, 1.807) is 6.07 Å². The number of H-pyrrole nitrogens is 1. The molecule has 4 N–H and O–H groups in total. The van der Waals surface area contributed by atoms with Crippen LogP contribution in [0.15, 0.2) is 23.3 Å². The average Bonchev–Trinajstić information content (AvgIpc) is 2.49. The molecule has 0 aliphatic heterocycles. The van der Waals surface area contributed by atoms with Gasteiger partial charge in [-0.05, 0) is 37.7 Å². The van der Waals surface area contributed by atoms with E-state index in [4.69, 9.17) is 5.73 Å². The van der Waals surface area contributed by atoms with Gasteiger partial charge in [-0.3, -0.25) is 4.79 Å². The second-order valence-electron chi connectivity index (χ2n) is 5.55. The number of hydrogen-bond acceptors (Lipinski definition) is 5. The first-order valence-electron chi connectivity index (χ1n) is 7.23. The first-order valence-corrected chi connectivity index (χ1v) is 8.52. The predicted molar refractivity (Wildman–Crippen MR) is 90.0 cm³/mol. The molecule has 1 heterocycles. The van der Waals surface area contributed by atoms with Crippen LogP contribution < -0.4 is 16.6 Å². The summed E-state index contributed by atoms with van der Waals surface area (Å²) in [6.45, 7) is 0. The predicted octanol–water partition coefficient (Wildman–Crippen LogP) is 2.59. The zero-order chi connectivity index (χ0) is 14.8. The molecule has 0 bridgehead atoms. The smallest absolute Gasteiger partial charge is 0.258 e. The van der Waals surface area contributed by atoms with Crippen LogP contribution in [0, 0.1) is 0 Å². The van der Waals surface area contributed by atoms with Gasteiger partial charge in [-0.25, -0.2) is 4.98 Å². The van der Waals surface area contributed by atoms with Gasteiger partial charge in [-0.1, -0.05) is 6.42 Å². The molecular weight excluding hydrogens is 284 g/mol. The van der Waals surface area contributed by atoms with E-state index in [1.807, 2.05) is 17.8 Å². The lowest BCUT2D eigenvalue weighted by molar-refractivity contribution is 0.474. The summed E-state index contributed by atoms with van der Waals surface area (Å²) in [6, 6.07) is 4.03. The molecule has 6 heteroatoms. The molecule has 0 radical (unpaired) electrons. The van der Waals surface area contributed by atoms with Crippen molar-refractivity contribution in [3.63, 3.8) is 0 Å². The number of fused-ring (bicyclic) bond motifs is 1. The molecule has 3 rings (SSSR count). The highest BCUT2D eigenvalue weighted by Gasteiger charge is 2.21. The second-order valence-corrected chi connectivity index (χ2v) is 6.69. The summed E-state index contributed by atoms with van der Waals surface area (Å²) in [5, 5.41) is 4.79. The minimum atomic E-state index is -0.154. The Kier molecular flexibility index (Phi) is 4.05. The minimum absolute atomic E-state index is 0.154. The van der Waals surface area contributed by atoms with E-state index in [0.717, 1.165) is 23.8 Å². The highest BCUT2D eigenvalue weighted by atomic mass is 32.2. The number of aromatic nitrogens is 2. The van der Waals surface area contributed by atoms with Crippen molar-refractivity contribution in [1.29, 1.82) is 0 Å². The number of nitrogens with zero attached hydrogens (tertiary/aromatic N) is 1. The van der Waals surface area contributed by atoms with Gasteiger partial charge in [0.25, 0.3) is 5.56 Å². The first-order chi connectivity index (χ1) is 10.2. The molecule has 112 valence electrons. The second kappa shape index (κ2) is 5.97. The van der Waals surface area contributed by atoms with Gasteiger partial charge >= 0.3 is 0 Å². The van der Waals surface area contributed by atoms with Gasteiger partial charge in [0.05, 0.1) is 28.6 Å². The van der Waals surface area contributed by atoms with Crippen LogP contribution in [0.2, 0.25) is 0 Å². The van der Waals surface area contributed by atoms with Gasteiger partial charge in [-0.2, -0.15) is 11.8 Å². The highest BCUT2D eigenvalue weighted by molar-refractivity contribution is 7.99. The van der Waals surface area contributed by atoms with E-state index >= 15 is 0 Å². The van der Waals surface area contributed by atoms with Crippen LogP contribution in [-0.2, 0) is 0 Å². The minimum Gasteiger partial charge on any atom is -0.397 e. The van der Waals surface area contributed by atoms with Gasteiger partial charge in [0, 0.05) is 11.3 Å². The number of benzene rings is 1. The number of anilines is 2. The Morgan fingerprint density at radius 1 is 1.43 bits per heavy atom. The van der Waals surface area contributed by atoms with Crippen molar-refractivity contribution in [3.8, 4) is 0 Å². The quantitative estimate of drug-likeness (QED) is 0.759. The summed E-state index contributed by atoms with van der Waals surface area (Å²) in [5.41, 5.74) is 8.10. The highest BCUT2D eigenvalue weighted by Crippen LogP contribution is 2.31. The van der Waals surface area contributed by atoms with Crippen molar-refractivity contribution in [3.05, 3.63) is 28.8 Å². The van der Waals surface area contributed by atoms with Gasteiger partial charge in [-0.15, -0.1) is 0 Å². The Hall–Kier alpha value is -1.69. The summed E-state index contributed by atoms with van der Waals surface area (Å²) < 4.78 is 0. The molecule has 0 saturated heterocycles. The van der Waals surface area contributed by atoms with Crippen LogP contribution in [-0.4, -0.2) is 27.5 Å². The lowest BCUT2D eigenvalue weighted by atomic mass is 9.94. The lowest BCUT2D eigenvalue weighted by Gasteiger charge is -2.29. The van der Waals surface area contributed by atoms with E-state index < -0.39 is 0 Å². The molecule has 0 amide bonds. The third-order valence-corrected chi connectivity index (χ3v) is 5.23. The fourth-order valence-electron chi connectivity index (χ4n) is 2.97. The number of rotatable bonds is 3. The lowest BCUT2D eigenvalue weighted by Crippen LogP contribution is -2.28. The Balaban J connectivity index is 1.87. The summed E-state index contributed by atoms with van der Waals surface area (Å²) >= 11 is 1.94. The summed E-state index contributed by atoms with van der Waals surface area (Å²) in [6.07, 6.45) is 8.46. The van der Waals surface area contributed by atoms with E-state index in [1.165, 1.54) is 19.2 Å². The fourth-order valence-corrected chi connectivity index (χ4v) is 3.79. The molecule has 1 aromatic heterocycles. The van der Waals surface area contributed by atoms with Crippen molar-refractivity contribution in [2.45, 2.75) is 37.0 Å². The van der Waals surface area contributed by atoms with Crippen LogP contribution in [0.4, 0.5) is 11.4 Å². The largest absolute Gasteiger partial charge is 0.397 e. The molecule has 2 atom stereocenters. The van der Waals surface area contributed by atoms with Gasteiger partial charge in [0.15, 0.2) is 0 Å². The molecule has 1 saturated carbocycles. The molecule has 1 aromatic carbocycles. The fraction of sp³-hybridized carbons (Fsp3) is 0.467. The Morgan fingerprint density at radius 2 is 2.29 bits per heavy atom. The molecular formula is C15H20N4OS. The molecule has 2 unspecified atom stereocenters. The number of aromatic amines is 1. The topological polar surface area (TPSA) is 83.8 Å². The van der Waals surface area contributed by atoms with Crippen LogP contribution in [0.1, 0.15) is 25.7 Å². The number of nitrogen functional groups attached to an aromatic ring is 1. The maximum Gasteiger partial charge on any atom is 0.258 e. The van der Waals surface area contributed by atoms with E-state index in [-0.39, 0.29) is 5.56 Å². The number of thioether (sulfide) groups is 1. The molecule has 5 nitrogen and oxygen atoms in total. The average molecular weight is 304 g/mol. The van der Waals surface area contributed by atoms with Gasteiger partial charge in [0.2, 0.25) is 0 Å². The standard InChI is InChI=1S/C15H20N4OS/c1-21-10-4-2-3-9(5-10)19-14-7-13-11(6-12(14)16)15(20)18-8-17-13/h6-10,19H,2-5,16H2,1H3,(H,17,18,20). The molecule has 1 aliphatic carbocycles. The third-order valence-electron chi connectivity index (χ3n) is 4.13. The molecule has 21 heavy (non-hydrogen) atoms. The van der Waals surface area contributed by atoms with Crippen molar-refractivity contribution in [1.82, 2.24) is 9.97 Å². The molecule has 2 aromatic rings. The maximum absolute atomic E-state index is 11.7. The van der Waals surface area contributed by atoms with Crippen LogP contribution in [0.5, 0.6) is 0 Å². The zero-order valence-corrected chi connectivity index (χ0v) is 12.9. The van der Waals surface area contributed by atoms with Crippen molar-refractivity contribution < 1.29 is 0 Å². The van der Waals surface area contributed by atoms with Crippen molar-refractivity contribution >= 4 is 34.0 Å². The van der Waals surface area contributed by atoms with Crippen LogP contribution >= 0.6 is 11.8 Å². The summed E-state index contributed by atoms with van der Waals surface area (Å²) in [5.74, 6) is 0. The van der Waals surface area contributed by atoms with E-state index in [0.29, 0.717) is 22.6 Å². The number of nitrogens with one attached hydrogen (secondary N) is 2. The van der Waals surface area contributed by atoms with Gasteiger partial charge in [0.1, 0.15) is 0 Å². The van der Waals surface area contributed by atoms with Crippen molar-refractivity contribution in [2.75, 3.05) is 17.3 Å². The van der Waals surface area contributed by atoms with E-state index in [2.05, 4.69) is 21.5 Å². The molecule has 1 fully saturated rings. The molecule has 0 spiro atoms. The van der Waals surface area contributed by atoms with Crippen LogP contribution in [0.3, 0.4) is 0 Å². The zero-order valence-electron chi connectivity index (χ0n) is 12.1. The SMILES string of the molecule is CSC1CCCC(Nc2cc3nc[nH]c(=O)c3cc2N)C1. The molecule has 1 aliphatic rings. The summed E-state index contributed by atoms with van der Waals surface area (Å²) in [7, 11) is 0. The Labute approximate surface area is 127 Å². The summed E-state index contributed by atoms with van der Waals surface area (Å²) in [4.78, 5) is 18.5. The monoisotopic (exact) mass is 304 g/mol. The van der Waals surface area contributed by atoms with Gasteiger partial charge < -0.3 is 16.0 Å². The number of nitrogens with two attached hydrogens (primary N) is 1. The maximum atomic E-state index is 11.7. The first kappa shape index (κ1) is 14.3. The third kappa shape index (κ3) is 3.00. The van der Waals surface area contributed by atoms with Crippen LogP contribution in [0.25, 0.3) is 10.9 Å². The van der Waals surface area contributed by atoms with Crippen molar-refractivity contribution in [2.24, 2.45) is 0 Å².